The van der Waals surface area contributed by atoms with Crippen LogP contribution in [0.4, 0.5) is 14.9 Å². The predicted octanol–water partition coefficient (Wildman–Crippen LogP) is 4.57. The van der Waals surface area contributed by atoms with Crippen LogP contribution in [-0.2, 0) is 6.54 Å². The van der Waals surface area contributed by atoms with E-state index in [1.807, 2.05) is 49.5 Å². The molecule has 2 amide bonds. The molecular weight excluding hydrogens is 329 g/mol. The number of nitrogens with zero attached hydrogens (tertiary/aromatic N) is 2. The van der Waals surface area contributed by atoms with Crippen molar-refractivity contribution < 1.29 is 9.18 Å². The highest BCUT2D eigenvalue weighted by atomic mass is 19.1. The zero-order valence-electron chi connectivity index (χ0n) is 14.5. The number of carbonyl (C=O) groups is 1. The molecule has 0 aliphatic carbocycles. The van der Waals surface area contributed by atoms with Gasteiger partial charge in [-0.3, -0.25) is 0 Å². The minimum atomic E-state index is -0.437. The van der Waals surface area contributed by atoms with Crippen molar-refractivity contribution in [1.82, 2.24) is 9.47 Å². The summed E-state index contributed by atoms with van der Waals surface area (Å²) in [6.07, 6.45) is 2.03. The number of para-hydroxylation sites is 1. The molecule has 5 heteroatoms. The number of fused-ring (bicyclic) bond motifs is 1. The average Bonchev–Trinajstić information content (AvgIpc) is 3.12. The van der Waals surface area contributed by atoms with E-state index >= 15 is 0 Å². The molecular formula is C21H20FN3O. The number of rotatable bonds is 2. The summed E-state index contributed by atoms with van der Waals surface area (Å²) in [5.74, 6) is -0.437. The van der Waals surface area contributed by atoms with Crippen molar-refractivity contribution in [3.8, 4) is 0 Å². The highest BCUT2D eigenvalue weighted by Crippen LogP contribution is 2.33. The largest absolute Gasteiger partial charge is 0.348 e. The standard InChI is InChI=1S/C21H20FN3O/c1-15-8-10-16(11-9-15)20-19-7-4-12-24(19)13-14-25(20)21(26)23-18-6-3-2-5-17(18)22/h2-12,20H,13-14H2,1H3,(H,23,26)/t20-/m1/s1. The minimum absolute atomic E-state index is 0.195. The molecule has 0 spiro atoms. The van der Waals surface area contributed by atoms with Crippen LogP contribution in [0.25, 0.3) is 0 Å². The fourth-order valence-electron chi connectivity index (χ4n) is 3.45. The Morgan fingerprint density at radius 3 is 2.58 bits per heavy atom. The molecule has 0 saturated heterocycles. The van der Waals surface area contributed by atoms with Crippen molar-refractivity contribution >= 4 is 11.7 Å². The van der Waals surface area contributed by atoms with E-state index in [0.29, 0.717) is 6.54 Å². The number of carbonyl (C=O) groups excluding carboxylic acids is 1. The van der Waals surface area contributed by atoms with Gasteiger partial charge < -0.3 is 14.8 Å². The van der Waals surface area contributed by atoms with Crippen LogP contribution in [-0.4, -0.2) is 22.0 Å². The Balaban J connectivity index is 1.68. The number of aromatic nitrogens is 1. The second kappa shape index (κ2) is 6.67. The normalized spacial score (nSPS) is 16.2. The van der Waals surface area contributed by atoms with Gasteiger partial charge in [-0.05, 0) is 36.8 Å². The van der Waals surface area contributed by atoms with E-state index in [1.165, 1.54) is 11.6 Å². The van der Waals surface area contributed by atoms with Crippen molar-refractivity contribution in [3.05, 3.63) is 89.5 Å². The summed E-state index contributed by atoms with van der Waals surface area (Å²) in [7, 11) is 0. The van der Waals surface area contributed by atoms with Gasteiger partial charge in [0.25, 0.3) is 0 Å². The molecule has 1 atom stereocenters. The molecule has 4 rings (SSSR count). The number of amides is 2. The van der Waals surface area contributed by atoms with Gasteiger partial charge >= 0.3 is 6.03 Å². The SMILES string of the molecule is Cc1ccc([C@@H]2c3cccn3CCN2C(=O)Nc2ccccc2F)cc1. The Hall–Kier alpha value is -3.08. The second-order valence-electron chi connectivity index (χ2n) is 6.54. The summed E-state index contributed by atoms with van der Waals surface area (Å²) in [4.78, 5) is 14.7. The van der Waals surface area contributed by atoms with Crippen LogP contribution >= 0.6 is 0 Å². The van der Waals surface area contributed by atoms with Gasteiger partial charge in [0.15, 0.2) is 0 Å². The molecule has 2 heterocycles. The first-order valence-corrected chi connectivity index (χ1v) is 8.67. The first-order valence-electron chi connectivity index (χ1n) is 8.67. The molecule has 0 fully saturated rings. The fourth-order valence-corrected chi connectivity index (χ4v) is 3.45. The third-order valence-corrected chi connectivity index (χ3v) is 4.81. The van der Waals surface area contributed by atoms with Crippen molar-refractivity contribution in [2.24, 2.45) is 0 Å². The smallest absolute Gasteiger partial charge is 0.322 e. The molecule has 0 unspecified atom stereocenters. The fraction of sp³-hybridized carbons (Fsp3) is 0.190. The highest BCUT2D eigenvalue weighted by Gasteiger charge is 2.32. The summed E-state index contributed by atoms with van der Waals surface area (Å²) in [6.45, 7) is 3.31. The predicted molar refractivity (Wildman–Crippen MR) is 99.6 cm³/mol. The van der Waals surface area contributed by atoms with E-state index in [-0.39, 0.29) is 17.8 Å². The van der Waals surface area contributed by atoms with E-state index in [4.69, 9.17) is 0 Å². The van der Waals surface area contributed by atoms with Crippen LogP contribution in [0.15, 0.2) is 66.9 Å². The Morgan fingerprint density at radius 1 is 1.04 bits per heavy atom. The number of benzene rings is 2. The maximum absolute atomic E-state index is 13.9. The summed E-state index contributed by atoms with van der Waals surface area (Å²) in [5, 5.41) is 2.72. The van der Waals surface area contributed by atoms with Crippen LogP contribution in [0.5, 0.6) is 0 Å². The molecule has 1 aromatic heterocycles. The van der Waals surface area contributed by atoms with E-state index in [1.54, 1.807) is 23.1 Å². The first-order chi connectivity index (χ1) is 12.6. The maximum Gasteiger partial charge on any atom is 0.322 e. The van der Waals surface area contributed by atoms with Gasteiger partial charge in [-0.1, -0.05) is 42.0 Å². The number of nitrogens with one attached hydrogen (secondary N) is 1. The van der Waals surface area contributed by atoms with Gasteiger partial charge in [-0.2, -0.15) is 0 Å². The summed E-state index contributed by atoms with van der Waals surface area (Å²) < 4.78 is 16.1. The molecule has 1 aliphatic rings. The third kappa shape index (κ3) is 2.96. The van der Waals surface area contributed by atoms with Gasteiger partial charge in [0.1, 0.15) is 5.82 Å². The number of urea groups is 1. The molecule has 4 nitrogen and oxygen atoms in total. The lowest BCUT2D eigenvalue weighted by molar-refractivity contribution is 0.181. The van der Waals surface area contributed by atoms with Gasteiger partial charge in [0, 0.05) is 25.0 Å². The molecule has 1 N–H and O–H groups in total. The molecule has 0 saturated carbocycles. The lowest BCUT2D eigenvalue weighted by atomic mass is 9.99. The van der Waals surface area contributed by atoms with E-state index in [0.717, 1.165) is 17.8 Å². The summed E-state index contributed by atoms with van der Waals surface area (Å²) >= 11 is 0. The van der Waals surface area contributed by atoms with Crippen molar-refractivity contribution in [1.29, 1.82) is 0 Å². The molecule has 2 aromatic carbocycles. The van der Waals surface area contributed by atoms with Gasteiger partial charge in [-0.25, -0.2) is 9.18 Å². The molecule has 0 radical (unpaired) electrons. The summed E-state index contributed by atoms with van der Waals surface area (Å²) in [6, 6.07) is 17.9. The van der Waals surface area contributed by atoms with Crippen LogP contribution in [0.2, 0.25) is 0 Å². The Morgan fingerprint density at radius 2 is 1.81 bits per heavy atom. The number of aryl methyl sites for hydroxylation is 1. The van der Waals surface area contributed by atoms with Gasteiger partial charge in [0.2, 0.25) is 0 Å². The topological polar surface area (TPSA) is 37.3 Å². The number of hydrogen-bond acceptors (Lipinski definition) is 1. The monoisotopic (exact) mass is 349 g/mol. The first kappa shape index (κ1) is 16.4. The van der Waals surface area contributed by atoms with E-state index < -0.39 is 5.82 Å². The number of hydrogen-bond donors (Lipinski definition) is 1. The third-order valence-electron chi connectivity index (χ3n) is 4.81. The molecule has 132 valence electrons. The zero-order chi connectivity index (χ0) is 18.1. The maximum atomic E-state index is 13.9. The van der Waals surface area contributed by atoms with E-state index in [2.05, 4.69) is 9.88 Å². The number of halogens is 1. The molecule has 26 heavy (non-hydrogen) atoms. The van der Waals surface area contributed by atoms with Crippen LogP contribution in [0.1, 0.15) is 22.9 Å². The molecule has 0 bridgehead atoms. The summed E-state index contributed by atoms with van der Waals surface area (Å²) in [5.41, 5.74) is 3.46. The Kier molecular flexibility index (Phi) is 4.21. The van der Waals surface area contributed by atoms with Crippen LogP contribution in [0, 0.1) is 12.7 Å². The van der Waals surface area contributed by atoms with Gasteiger partial charge in [-0.15, -0.1) is 0 Å². The quantitative estimate of drug-likeness (QED) is 0.723. The average molecular weight is 349 g/mol. The van der Waals surface area contributed by atoms with Crippen LogP contribution < -0.4 is 5.32 Å². The Bertz CT molecular complexity index is 932. The zero-order valence-corrected chi connectivity index (χ0v) is 14.5. The lowest BCUT2D eigenvalue weighted by Crippen LogP contribution is -2.44. The Labute approximate surface area is 151 Å². The molecule has 3 aromatic rings. The van der Waals surface area contributed by atoms with Crippen molar-refractivity contribution in [3.63, 3.8) is 0 Å². The minimum Gasteiger partial charge on any atom is -0.348 e. The van der Waals surface area contributed by atoms with Gasteiger partial charge in [0.05, 0.1) is 11.7 Å². The molecule has 1 aliphatic heterocycles. The lowest BCUT2D eigenvalue weighted by Gasteiger charge is -2.37. The van der Waals surface area contributed by atoms with E-state index in [9.17, 15) is 9.18 Å². The number of anilines is 1. The van der Waals surface area contributed by atoms with Crippen molar-refractivity contribution in [2.45, 2.75) is 19.5 Å². The van der Waals surface area contributed by atoms with Crippen molar-refractivity contribution in [2.75, 3.05) is 11.9 Å². The van der Waals surface area contributed by atoms with Crippen LogP contribution in [0.3, 0.4) is 0 Å². The second-order valence-corrected chi connectivity index (χ2v) is 6.54. The highest BCUT2D eigenvalue weighted by molar-refractivity contribution is 5.90.